The Morgan fingerprint density at radius 2 is 2.33 bits per heavy atom. The van der Waals surface area contributed by atoms with Crippen LogP contribution in [0.5, 0.6) is 0 Å². The van der Waals surface area contributed by atoms with E-state index >= 15 is 0 Å². The van der Waals surface area contributed by atoms with E-state index in [1.54, 1.807) is 6.07 Å². The lowest BCUT2D eigenvalue weighted by molar-refractivity contribution is -0.384. The summed E-state index contributed by atoms with van der Waals surface area (Å²) in [5, 5.41) is 13.6. The maximum atomic E-state index is 12.0. The average molecular weight is 312 g/mol. The van der Waals surface area contributed by atoms with Gasteiger partial charge in [-0.1, -0.05) is 18.5 Å². The molecule has 0 unspecified atom stereocenters. The summed E-state index contributed by atoms with van der Waals surface area (Å²) in [6.45, 7) is 4.31. The van der Waals surface area contributed by atoms with Gasteiger partial charge >= 0.3 is 0 Å². The topological polar surface area (TPSA) is 75.5 Å². The predicted octanol–water partition coefficient (Wildman–Crippen LogP) is 2.92. The number of halogens is 1. The summed E-state index contributed by atoms with van der Waals surface area (Å²) < 4.78 is 0. The molecule has 1 N–H and O–H groups in total. The van der Waals surface area contributed by atoms with Crippen molar-refractivity contribution >= 4 is 28.9 Å². The zero-order chi connectivity index (χ0) is 15.4. The zero-order valence-corrected chi connectivity index (χ0v) is 12.6. The fourth-order valence-electron chi connectivity index (χ4n) is 2.56. The van der Waals surface area contributed by atoms with Gasteiger partial charge in [0.25, 0.3) is 5.69 Å². The second-order valence-electron chi connectivity index (χ2n) is 5.45. The lowest BCUT2D eigenvalue weighted by Crippen LogP contribution is -2.39. The number of nitro groups is 1. The maximum Gasteiger partial charge on any atom is 0.289 e. The number of amides is 1. The minimum Gasteiger partial charge on any atom is -0.325 e. The minimum atomic E-state index is -0.565. The van der Waals surface area contributed by atoms with E-state index in [9.17, 15) is 14.9 Å². The highest BCUT2D eigenvalue weighted by Gasteiger charge is 2.19. The Kier molecular flexibility index (Phi) is 5.14. The Balaban J connectivity index is 1.96. The molecule has 0 radical (unpaired) electrons. The molecule has 1 aliphatic rings. The molecule has 1 heterocycles. The SMILES string of the molecule is C[C@H]1CCCN(CC(=O)Nc2ccc(Cl)c([N+](=O)[O-])c2)C1. The van der Waals surface area contributed by atoms with Crippen LogP contribution in [0.15, 0.2) is 18.2 Å². The van der Waals surface area contributed by atoms with Crippen LogP contribution in [0.2, 0.25) is 5.02 Å². The Morgan fingerprint density at radius 1 is 1.57 bits per heavy atom. The number of likely N-dealkylation sites (tertiary alicyclic amines) is 1. The van der Waals surface area contributed by atoms with Gasteiger partial charge in [0.2, 0.25) is 5.91 Å². The normalized spacial score (nSPS) is 19.2. The molecule has 1 aromatic rings. The Labute approximate surface area is 128 Å². The number of rotatable bonds is 4. The maximum absolute atomic E-state index is 12.0. The molecule has 1 amide bonds. The smallest absolute Gasteiger partial charge is 0.289 e. The second kappa shape index (κ2) is 6.87. The third-order valence-electron chi connectivity index (χ3n) is 3.53. The van der Waals surface area contributed by atoms with E-state index < -0.39 is 4.92 Å². The summed E-state index contributed by atoms with van der Waals surface area (Å²) in [6.07, 6.45) is 2.29. The third-order valence-corrected chi connectivity index (χ3v) is 3.85. The minimum absolute atomic E-state index is 0.0582. The van der Waals surface area contributed by atoms with Gasteiger partial charge in [0.05, 0.1) is 11.5 Å². The number of anilines is 1. The first kappa shape index (κ1) is 15.7. The van der Waals surface area contributed by atoms with Gasteiger partial charge in [-0.05, 0) is 37.4 Å². The molecule has 0 saturated carbocycles. The van der Waals surface area contributed by atoms with E-state index in [0.29, 0.717) is 18.2 Å². The number of hydrogen-bond acceptors (Lipinski definition) is 4. The van der Waals surface area contributed by atoms with Crippen molar-refractivity contribution in [3.05, 3.63) is 33.3 Å². The monoisotopic (exact) mass is 311 g/mol. The molecule has 114 valence electrons. The average Bonchev–Trinajstić information content (AvgIpc) is 2.40. The summed E-state index contributed by atoms with van der Waals surface area (Å²) in [5.74, 6) is 0.434. The second-order valence-corrected chi connectivity index (χ2v) is 5.86. The molecule has 7 heteroatoms. The number of nitrogens with one attached hydrogen (secondary N) is 1. The van der Waals surface area contributed by atoms with E-state index in [1.807, 2.05) is 0 Å². The molecule has 1 fully saturated rings. The van der Waals surface area contributed by atoms with E-state index in [4.69, 9.17) is 11.6 Å². The molecule has 1 atom stereocenters. The van der Waals surface area contributed by atoms with Gasteiger partial charge in [-0.2, -0.15) is 0 Å². The van der Waals surface area contributed by atoms with Crippen molar-refractivity contribution in [1.82, 2.24) is 4.90 Å². The highest BCUT2D eigenvalue weighted by Crippen LogP contribution is 2.27. The van der Waals surface area contributed by atoms with Crippen LogP contribution in [0.25, 0.3) is 0 Å². The molecule has 1 aromatic carbocycles. The Hall–Kier alpha value is -1.66. The van der Waals surface area contributed by atoms with E-state index in [2.05, 4.69) is 17.1 Å². The van der Waals surface area contributed by atoms with Crippen LogP contribution in [-0.2, 0) is 4.79 Å². The highest BCUT2D eigenvalue weighted by molar-refractivity contribution is 6.32. The summed E-state index contributed by atoms with van der Waals surface area (Å²) in [5.41, 5.74) is 0.183. The van der Waals surface area contributed by atoms with Crippen LogP contribution in [0.4, 0.5) is 11.4 Å². The van der Waals surface area contributed by atoms with Crippen LogP contribution in [0.1, 0.15) is 19.8 Å². The largest absolute Gasteiger partial charge is 0.325 e. The fourth-order valence-corrected chi connectivity index (χ4v) is 2.75. The summed E-state index contributed by atoms with van der Waals surface area (Å²) in [6, 6.07) is 4.25. The standard InChI is InChI=1S/C14H18ClN3O3/c1-10-3-2-6-17(8-10)9-14(19)16-11-4-5-12(15)13(7-11)18(20)21/h4-5,7,10H,2-3,6,8-9H2,1H3,(H,16,19)/t10-/m0/s1. The van der Waals surface area contributed by atoms with Crippen molar-refractivity contribution in [3.63, 3.8) is 0 Å². The Morgan fingerprint density at radius 3 is 3.00 bits per heavy atom. The Bertz CT molecular complexity index is 550. The van der Waals surface area contributed by atoms with Gasteiger partial charge < -0.3 is 5.32 Å². The highest BCUT2D eigenvalue weighted by atomic mass is 35.5. The first-order valence-electron chi connectivity index (χ1n) is 6.92. The van der Waals surface area contributed by atoms with Crippen LogP contribution >= 0.6 is 11.6 Å². The van der Waals surface area contributed by atoms with Gasteiger partial charge in [0, 0.05) is 18.3 Å². The van der Waals surface area contributed by atoms with Gasteiger partial charge in [-0.15, -0.1) is 0 Å². The van der Waals surface area contributed by atoms with Crippen LogP contribution < -0.4 is 5.32 Å². The molecule has 6 nitrogen and oxygen atoms in total. The summed E-state index contributed by atoms with van der Waals surface area (Å²) in [4.78, 5) is 24.4. The molecule has 21 heavy (non-hydrogen) atoms. The van der Waals surface area contributed by atoms with Crippen LogP contribution in [0.3, 0.4) is 0 Å². The van der Waals surface area contributed by atoms with Crippen LogP contribution in [-0.4, -0.2) is 35.4 Å². The van der Waals surface area contributed by atoms with Crippen molar-refractivity contribution in [2.75, 3.05) is 25.0 Å². The van der Waals surface area contributed by atoms with Gasteiger partial charge in [0.1, 0.15) is 5.02 Å². The molecule has 0 aliphatic carbocycles. The number of carbonyl (C=O) groups excluding carboxylic acids is 1. The van der Waals surface area contributed by atoms with Gasteiger partial charge in [0.15, 0.2) is 0 Å². The molecule has 0 spiro atoms. The van der Waals surface area contributed by atoms with E-state index in [-0.39, 0.29) is 16.6 Å². The number of nitro benzene ring substituents is 1. The van der Waals surface area contributed by atoms with Gasteiger partial charge in [-0.3, -0.25) is 19.8 Å². The zero-order valence-electron chi connectivity index (χ0n) is 11.8. The quantitative estimate of drug-likeness (QED) is 0.685. The van der Waals surface area contributed by atoms with Crippen molar-refractivity contribution in [3.8, 4) is 0 Å². The number of benzene rings is 1. The van der Waals surface area contributed by atoms with Crippen molar-refractivity contribution in [2.24, 2.45) is 5.92 Å². The van der Waals surface area contributed by atoms with Crippen molar-refractivity contribution < 1.29 is 9.72 Å². The lowest BCUT2D eigenvalue weighted by atomic mass is 10.0. The first-order chi connectivity index (χ1) is 9.95. The third kappa shape index (κ3) is 4.41. The molecule has 0 bridgehead atoms. The number of hydrogen-bond donors (Lipinski definition) is 1. The van der Waals surface area contributed by atoms with Crippen molar-refractivity contribution in [1.29, 1.82) is 0 Å². The molecule has 0 aromatic heterocycles. The lowest BCUT2D eigenvalue weighted by Gasteiger charge is -2.30. The summed E-state index contributed by atoms with van der Waals surface area (Å²) >= 11 is 5.74. The fraction of sp³-hybridized carbons (Fsp3) is 0.500. The van der Waals surface area contributed by atoms with Gasteiger partial charge in [-0.25, -0.2) is 0 Å². The molecule has 1 aliphatic heterocycles. The number of nitrogens with zero attached hydrogens (tertiary/aromatic N) is 2. The molecule has 1 saturated heterocycles. The molecular weight excluding hydrogens is 294 g/mol. The van der Waals surface area contributed by atoms with Crippen molar-refractivity contribution in [2.45, 2.75) is 19.8 Å². The van der Waals surface area contributed by atoms with E-state index in [1.165, 1.54) is 18.6 Å². The predicted molar refractivity (Wildman–Crippen MR) is 81.6 cm³/mol. The first-order valence-corrected chi connectivity index (χ1v) is 7.29. The molecular formula is C14H18ClN3O3. The molecule has 2 rings (SSSR count). The van der Waals surface area contributed by atoms with E-state index in [0.717, 1.165) is 19.5 Å². The number of carbonyl (C=O) groups is 1. The summed E-state index contributed by atoms with van der Waals surface area (Å²) in [7, 11) is 0. The van der Waals surface area contributed by atoms with Crippen LogP contribution in [0, 0.1) is 16.0 Å². The number of piperidine rings is 1.